The first-order valence-corrected chi connectivity index (χ1v) is 6.10. The first-order valence-electron chi connectivity index (χ1n) is 4.93. The molecule has 2 rings (SSSR count). The Hall–Kier alpha value is -1.32. The van der Waals surface area contributed by atoms with Gasteiger partial charge in [0, 0.05) is 20.6 Å². The second-order valence-corrected chi connectivity index (χ2v) is 4.89. The van der Waals surface area contributed by atoms with Crippen molar-refractivity contribution in [1.82, 2.24) is 0 Å². The molecule has 0 radical (unpaired) electrons. The maximum atomic E-state index is 11.1. The van der Waals surface area contributed by atoms with Gasteiger partial charge >= 0.3 is 0 Å². The third-order valence-corrected chi connectivity index (χ3v) is 3.20. The van der Waals surface area contributed by atoms with Crippen LogP contribution in [-0.2, 0) is 0 Å². The van der Waals surface area contributed by atoms with Crippen LogP contribution in [-0.4, -0.2) is 5.91 Å². The zero-order valence-corrected chi connectivity index (χ0v) is 11.1. The summed E-state index contributed by atoms with van der Waals surface area (Å²) in [5, 5.41) is 0.626. The molecule has 0 unspecified atom stereocenters. The van der Waals surface area contributed by atoms with Gasteiger partial charge in [-0.05, 0) is 29.8 Å². The van der Waals surface area contributed by atoms with Gasteiger partial charge in [-0.2, -0.15) is 0 Å². The highest BCUT2D eigenvalue weighted by molar-refractivity contribution is 9.10. The van der Waals surface area contributed by atoms with Crippen molar-refractivity contribution in [2.45, 2.75) is 0 Å². The average Bonchev–Trinajstić information content (AvgIpc) is 2.29. The van der Waals surface area contributed by atoms with Gasteiger partial charge in [0.15, 0.2) is 0 Å². The molecule has 0 aliphatic heterocycles. The SMILES string of the molecule is NC(=O)c1cccc(-c2ccc(Br)cc2Cl)c1. The van der Waals surface area contributed by atoms with Gasteiger partial charge in [0.05, 0.1) is 0 Å². The quantitative estimate of drug-likeness (QED) is 0.899. The molecule has 0 spiro atoms. The molecule has 17 heavy (non-hydrogen) atoms. The van der Waals surface area contributed by atoms with Crippen molar-refractivity contribution in [2.75, 3.05) is 0 Å². The molecule has 0 saturated heterocycles. The van der Waals surface area contributed by atoms with Gasteiger partial charge in [-0.1, -0.05) is 45.7 Å². The summed E-state index contributed by atoms with van der Waals surface area (Å²) in [6.45, 7) is 0. The standard InChI is InChI=1S/C13H9BrClNO/c14-10-4-5-11(12(15)7-10)8-2-1-3-9(6-8)13(16)17/h1-7H,(H2,16,17). The van der Waals surface area contributed by atoms with Crippen LogP contribution >= 0.6 is 27.5 Å². The van der Waals surface area contributed by atoms with E-state index in [1.807, 2.05) is 24.3 Å². The van der Waals surface area contributed by atoms with Gasteiger partial charge < -0.3 is 5.73 Å². The predicted octanol–water partition coefficient (Wildman–Crippen LogP) is 3.87. The number of hydrogen-bond donors (Lipinski definition) is 1. The van der Waals surface area contributed by atoms with Crippen LogP contribution in [0.2, 0.25) is 5.02 Å². The highest BCUT2D eigenvalue weighted by Crippen LogP contribution is 2.30. The molecule has 0 aliphatic rings. The molecule has 0 atom stereocenters. The van der Waals surface area contributed by atoms with Crippen LogP contribution in [0.4, 0.5) is 0 Å². The van der Waals surface area contributed by atoms with E-state index in [0.717, 1.165) is 15.6 Å². The van der Waals surface area contributed by atoms with Crippen molar-refractivity contribution in [3.8, 4) is 11.1 Å². The minimum Gasteiger partial charge on any atom is -0.366 e. The summed E-state index contributed by atoms with van der Waals surface area (Å²) < 4.78 is 0.914. The Balaban J connectivity index is 2.53. The second kappa shape index (κ2) is 4.90. The van der Waals surface area contributed by atoms with Crippen LogP contribution in [0.15, 0.2) is 46.9 Å². The van der Waals surface area contributed by atoms with E-state index in [1.165, 1.54) is 0 Å². The fraction of sp³-hybridized carbons (Fsp3) is 0. The van der Waals surface area contributed by atoms with Crippen LogP contribution in [0.3, 0.4) is 0 Å². The van der Waals surface area contributed by atoms with Crippen LogP contribution < -0.4 is 5.73 Å². The minimum absolute atomic E-state index is 0.444. The lowest BCUT2D eigenvalue weighted by Crippen LogP contribution is -2.10. The van der Waals surface area contributed by atoms with Crippen molar-refractivity contribution in [3.63, 3.8) is 0 Å². The highest BCUT2D eigenvalue weighted by atomic mass is 79.9. The molecule has 0 bridgehead atoms. The maximum Gasteiger partial charge on any atom is 0.248 e. The molecule has 2 nitrogen and oxygen atoms in total. The summed E-state index contributed by atoms with van der Waals surface area (Å²) in [7, 11) is 0. The number of amides is 1. The molecule has 0 saturated carbocycles. The predicted molar refractivity (Wildman–Crippen MR) is 73.1 cm³/mol. The lowest BCUT2D eigenvalue weighted by molar-refractivity contribution is 0.100. The number of primary amides is 1. The Morgan fingerprint density at radius 3 is 2.59 bits per heavy atom. The lowest BCUT2D eigenvalue weighted by atomic mass is 10.0. The van der Waals surface area contributed by atoms with Crippen LogP contribution in [0, 0.1) is 0 Å². The minimum atomic E-state index is -0.444. The van der Waals surface area contributed by atoms with Gasteiger partial charge in [-0.25, -0.2) is 0 Å². The molecule has 2 N–H and O–H groups in total. The molecule has 1 amide bonds. The third-order valence-electron chi connectivity index (χ3n) is 2.39. The molecular weight excluding hydrogens is 302 g/mol. The Bertz CT molecular complexity index is 583. The number of rotatable bonds is 2. The molecule has 0 heterocycles. The van der Waals surface area contributed by atoms with Crippen LogP contribution in [0.25, 0.3) is 11.1 Å². The lowest BCUT2D eigenvalue weighted by Gasteiger charge is -2.06. The normalized spacial score (nSPS) is 10.2. The molecule has 0 aromatic heterocycles. The fourth-order valence-electron chi connectivity index (χ4n) is 1.56. The number of halogens is 2. The van der Waals surface area contributed by atoms with E-state index in [0.29, 0.717) is 10.6 Å². The number of hydrogen-bond acceptors (Lipinski definition) is 1. The Kier molecular flexibility index (Phi) is 3.50. The first-order chi connectivity index (χ1) is 8.08. The molecule has 2 aromatic rings. The summed E-state index contributed by atoms with van der Waals surface area (Å²) in [4.78, 5) is 11.1. The molecular formula is C13H9BrClNO. The summed E-state index contributed by atoms with van der Waals surface area (Å²) >= 11 is 9.50. The Morgan fingerprint density at radius 2 is 1.94 bits per heavy atom. The van der Waals surface area contributed by atoms with E-state index >= 15 is 0 Å². The second-order valence-electron chi connectivity index (χ2n) is 3.57. The summed E-state index contributed by atoms with van der Waals surface area (Å²) in [6, 6.07) is 12.7. The molecule has 2 aromatic carbocycles. The number of nitrogens with two attached hydrogens (primary N) is 1. The van der Waals surface area contributed by atoms with Gasteiger partial charge in [-0.15, -0.1) is 0 Å². The third kappa shape index (κ3) is 2.68. The van der Waals surface area contributed by atoms with E-state index in [1.54, 1.807) is 18.2 Å². The molecule has 4 heteroatoms. The van der Waals surface area contributed by atoms with E-state index in [4.69, 9.17) is 17.3 Å². The smallest absolute Gasteiger partial charge is 0.248 e. The topological polar surface area (TPSA) is 43.1 Å². The van der Waals surface area contributed by atoms with Crippen molar-refractivity contribution >= 4 is 33.4 Å². The van der Waals surface area contributed by atoms with Gasteiger partial charge in [0.2, 0.25) is 5.91 Å². The first kappa shape index (κ1) is 12.1. The molecule has 86 valence electrons. The summed E-state index contributed by atoms with van der Waals surface area (Å²) in [5.74, 6) is -0.444. The average molecular weight is 311 g/mol. The summed E-state index contributed by atoms with van der Waals surface area (Å²) in [6.07, 6.45) is 0. The van der Waals surface area contributed by atoms with E-state index in [9.17, 15) is 4.79 Å². The van der Waals surface area contributed by atoms with Crippen molar-refractivity contribution in [2.24, 2.45) is 5.73 Å². The van der Waals surface area contributed by atoms with Gasteiger partial charge in [0.25, 0.3) is 0 Å². The van der Waals surface area contributed by atoms with Crippen LogP contribution in [0.5, 0.6) is 0 Å². The van der Waals surface area contributed by atoms with Crippen LogP contribution in [0.1, 0.15) is 10.4 Å². The monoisotopic (exact) mass is 309 g/mol. The number of carbonyl (C=O) groups excluding carboxylic acids is 1. The van der Waals surface area contributed by atoms with E-state index in [2.05, 4.69) is 15.9 Å². The van der Waals surface area contributed by atoms with Crippen molar-refractivity contribution in [3.05, 3.63) is 57.5 Å². The Labute approximate surface area is 113 Å². The van der Waals surface area contributed by atoms with E-state index in [-0.39, 0.29) is 0 Å². The van der Waals surface area contributed by atoms with Crippen molar-refractivity contribution in [1.29, 1.82) is 0 Å². The largest absolute Gasteiger partial charge is 0.366 e. The zero-order valence-electron chi connectivity index (χ0n) is 8.78. The zero-order chi connectivity index (χ0) is 12.4. The fourth-order valence-corrected chi connectivity index (χ4v) is 2.35. The molecule has 0 aliphatic carbocycles. The molecule has 0 fully saturated rings. The highest BCUT2D eigenvalue weighted by Gasteiger charge is 2.06. The van der Waals surface area contributed by atoms with Gasteiger partial charge in [-0.3, -0.25) is 4.79 Å². The number of benzene rings is 2. The maximum absolute atomic E-state index is 11.1. The number of carbonyl (C=O) groups is 1. The Morgan fingerprint density at radius 1 is 1.18 bits per heavy atom. The summed E-state index contributed by atoms with van der Waals surface area (Å²) in [5.41, 5.74) is 7.46. The van der Waals surface area contributed by atoms with Crippen molar-refractivity contribution < 1.29 is 4.79 Å². The van der Waals surface area contributed by atoms with E-state index < -0.39 is 5.91 Å². The van der Waals surface area contributed by atoms with Gasteiger partial charge in [0.1, 0.15) is 0 Å².